The zero-order valence-electron chi connectivity index (χ0n) is 19.4. The van der Waals surface area contributed by atoms with Gasteiger partial charge in [0.25, 0.3) is 0 Å². The fraction of sp³-hybridized carbons (Fsp3) is 0.370. The Balaban J connectivity index is 0.000000262. The van der Waals surface area contributed by atoms with Crippen molar-refractivity contribution in [1.29, 1.82) is 0 Å². The third-order valence-corrected chi connectivity index (χ3v) is 5.73. The number of allylic oxidation sites excluding steroid dienone is 2. The number of aryl methyl sites for hydroxylation is 2. The number of nitrogens with zero attached hydrogens (tertiary/aromatic N) is 1. The average Bonchev–Trinajstić information content (AvgIpc) is 3.29. The molecule has 0 saturated heterocycles. The van der Waals surface area contributed by atoms with Crippen molar-refractivity contribution >= 4 is 33.6 Å². The van der Waals surface area contributed by atoms with E-state index in [-0.39, 0.29) is 0 Å². The molecule has 2 nitrogen and oxygen atoms in total. The van der Waals surface area contributed by atoms with Gasteiger partial charge in [0.2, 0.25) is 6.71 Å². The standard InChI is InChI=1S/C18H20BBr.C9H16N2/c1-3-16-9-11-18(12-10-16)19(14-13-15(2)20)17-7-5-4-6-8-17;1-8(2)4-3-5-9-6-10-7-11-9/h4-13H,3,14H2,1-2H3;6-8H,3-5H2,1-2H3,(H,10,11). The van der Waals surface area contributed by atoms with Crippen LogP contribution in [0.25, 0.3) is 0 Å². The van der Waals surface area contributed by atoms with Gasteiger partial charge in [-0.1, -0.05) is 115 Å². The Labute approximate surface area is 197 Å². The molecule has 0 bridgehead atoms. The number of halogens is 1. The molecule has 0 aliphatic rings. The predicted octanol–water partition coefficient (Wildman–Crippen LogP) is 6.55. The van der Waals surface area contributed by atoms with Crippen molar-refractivity contribution in [3.05, 3.63) is 88.9 Å². The SMILES string of the molecule is CC(C)CCCc1cnc[nH]1.CCc1ccc(B(CC=C(C)Br)c2ccccc2)cc1. The lowest BCUT2D eigenvalue weighted by atomic mass is 9.38. The van der Waals surface area contributed by atoms with E-state index in [0.29, 0.717) is 6.71 Å². The number of aromatic amines is 1. The zero-order chi connectivity index (χ0) is 22.5. The summed E-state index contributed by atoms with van der Waals surface area (Å²) in [5, 5.41) is 0. The molecule has 1 aromatic heterocycles. The van der Waals surface area contributed by atoms with Crippen molar-refractivity contribution in [2.75, 3.05) is 0 Å². The number of imidazole rings is 1. The van der Waals surface area contributed by atoms with Gasteiger partial charge in [0.15, 0.2) is 0 Å². The maximum atomic E-state index is 3.96. The second-order valence-electron chi connectivity index (χ2n) is 8.45. The maximum absolute atomic E-state index is 3.96. The third-order valence-electron chi connectivity index (χ3n) is 5.41. The van der Waals surface area contributed by atoms with Gasteiger partial charge < -0.3 is 4.98 Å². The van der Waals surface area contributed by atoms with Crippen molar-refractivity contribution in [2.45, 2.75) is 59.7 Å². The van der Waals surface area contributed by atoms with E-state index < -0.39 is 0 Å². The molecular weight excluding hydrogens is 443 g/mol. The van der Waals surface area contributed by atoms with Gasteiger partial charge in [-0.15, -0.1) is 0 Å². The molecule has 0 aliphatic carbocycles. The minimum atomic E-state index is 0.426. The van der Waals surface area contributed by atoms with Gasteiger partial charge in [0, 0.05) is 11.9 Å². The molecule has 1 N–H and O–H groups in total. The van der Waals surface area contributed by atoms with Gasteiger partial charge in [0.05, 0.1) is 6.33 Å². The Hall–Kier alpha value is -2.07. The summed E-state index contributed by atoms with van der Waals surface area (Å²) in [6, 6.07) is 19.8. The maximum Gasteiger partial charge on any atom is 0.213 e. The van der Waals surface area contributed by atoms with Crippen molar-refractivity contribution in [3.8, 4) is 0 Å². The minimum absolute atomic E-state index is 0.426. The van der Waals surface area contributed by atoms with E-state index in [1.165, 1.54) is 39.5 Å². The fourth-order valence-corrected chi connectivity index (χ4v) is 3.72. The molecule has 4 heteroatoms. The quantitative estimate of drug-likeness (QED) is 0.347. The first-order chi connectivity index (χ1) is 15.0. The number of benzene rings is 2. The molecule has 3 rings (SSSR count). The highest BCUT2D eigenvalue weighted by molar-refractivity contribution is 9.11. The second kappa shape index (κ2) is 14.1. The van der Waals surface area contributed by atoms with Crippen LogP contribution in [0.3, 0.4) is 0 Å². The number of hydrogen-bond acceptors (Lipinski definition) is 1. The van der Waals surface area contributed by atoms with E-state index >= 15 is 0 Å². The third kappa shape index (κ3) is 9.73. The molecule has 0 atom stereocenters. The molecule has 0 spiro atoms. The first-order valence-corrected chi connectivity index (χ1v) is 12.2. The summed E-state index contributed by atoms with van der Waals surface area (Å²) in [7, 11) is 0. The zero-order valence-corrected chi connectivity index (χ0v) is 21.0. The van der Waals surface area contributed by atoms with Crippen molar-refractivity contribution in [3.63, 3.8) is 0 Å². The van der Waals surface area contributed by atoms with Gasteiger partial charge in [0.1, 0.15) is 0 Å². The molecular formula is C27H36BBrN2. The normalized spacial score (nSPS) is 11.2. The molecule has 3 aromatic rings. The summed E-state index contributed by atoms with van der Waals surface area (Å²) >= 11 is 3.53. The lowest BCUT2D eigenvalue weighted by Gasteiger charge is -2.13. The summed E-state index contributed by atoms with van der Waals surface area (Å²) in [5.41, 5.74) is 5.42. The Kier molecular flexibility index (Phi) is 11.4. The lowest BCUT2D eigenvalue weighted by Crippen LogP contribution is -2.41. The molecule has 1 heterocycles. The van der Waals surface area contributed by atoms with Crippen LogP contribution in [0.15, 0.2) is 77.7 Å². The van der Waals surface area contributed by atoms with Crippen LogP contribution >= 0.6 is 15.9 Å². The molecule has 0 radical (unpaired) electrons. The minimum Gasteiger partial charge on any atom is -0.348 e. The van der Waals surface area contributed by atoms with Gasteiger partial charge in [-0.05, 0) is 48.5 Å². The van der Waals surface area contributed by atoms with Gasteiger partial charge >= 0.3 is 0 Å². The average molecular weight is 479 g/mol. The first-order valence-electron chi connectivity index (χ1n) is 11.4. The van der Waals surface area contributed by atoms with E-state index in [9.17, 15) is 0 Å². The van der Waals surface area contributed by atoms with Crippen molar-refractivity contribution in [2.24, 2.45) is 5.92 Å². The molecule has 2 aromatic carbocycles. The Morgan fingerprint density at radius 1 is 1.06 bits per heavy atom. The first kappa shape index (κ1) is 25.2. The second-order valence-corrected chi connectivity index (χ2v) is 9.70. The van der Waals surface area contributed by atoms with Crippen LogP contribution in [0.4, 0.5) is 0 Å². The van der Waals surface area contributed by atoms with E-state index in [1.807, 2.05) is 6.20 Å². The molecule has 0 saturated carbocycles. The lowest BCUT2D eigenvalue weighted by molar-refractivity contribution is 0.553. The smallest absolute Gasteiger partial charge is 0.213 e. The monoisotopic (exact) mass is 478 g/mol. The summed E-state index contributed by atoms with van der Waals surface area (Å²) in [6.45, 7) is 9.22. The van der Waals surface area contributed by atoms with Crippen molar-refractivity contribution in [1.82, 2.24) is 9.97 Å². The number of aromatic nitrogens is 2. The Morgan fingerprint density at radius 3 is 2.29 bits per heavy atom. The van der Waals surface area contributed by atoms with E-state index in [2.05, 4.69) is 114 Å². The number of hydrogen-bond donors (Lipinski definition) is 1. The summed E-state index contributed by atoms with van der Waals surface area (Å²) in [6.07, 6.45) is 11.7. The van der Waals surface area contributed by atoms with Crippen LogP contribution in [0.2, 0.25) is 6.32 Å². The van der Waals surface area contributed by atoms with E-state index in [4.69, 9.17) is 0 Å². The van der Waals surface area contributed by atoms with Crippen LogP contribution in [0.5, 0.6) is 0 Å². The molecule has 0 fully saturated rings. The highest BCUT2D eigenvalue weighted by Gasteiger charge is 2.17. The predicted molar refractivity (Wildman–Crippen MR) is 141 cm³/mol. The number of H-pyrrole nitrogens is 1. The highest BCUT2D eigenvalue weighted by Crippen LogP contribution is 2.08. The van der Waals surface area contributed by atoms with E-state index in [0.717, 1.165) is 25.1 Å². The van der Waals surface area contributed by atoms with Crippen LogP contribution in [-0.4, -0.2) is 16.7 Å². The van der Waals surface area contributed by atoms with Gasteiger partial charge in [-0.25, -0.2) is 4.98 Å². The van der Waals surface area contributed by atoms with Gasteiger partial charge in [-0.2, -0.15) is 0 Å². The summed E-state index contributed by atoms with van der Waals surface area (Å²) in [4.78, 5) is 7.06. The van der Waals surface area contributed by atoms with Gasteiger partial charge in [-0.3, -0.25) is 0 Å². The topological polar surface area (TPSA) is 28.7 Å². The van der Waals surface area contributed by atoms with Crippen molar-refractivity contribution < 1.29 is 0 Å². The summed E-state index contributed by atoms with van der Waals surface area (Å²) < 4.78 is 1.20. The largest absolute Gasteiger partial charge is 0.348 e. The molecule has 164 valence electrons. The highest BCUT2D eigenvalue weighted by atomic mass is 79.9. The van der Waals surface area contributed by atoms with E-state index in [1.54, 1.807) is 6.33 Å². The molecule has 0 unspecified atom stereocenters. The molecule has 31 heavy (non-hydrogen) atoms. The van der Waals surface area contributed by atoms with Crippen LogP contribution in [-0.2, 0) is 12.8 Å². The molecule has 0 aliphatic heterocycles. The Bertz CT molecular complexity index is 867. The molecule has 0 amide bonds. The number of nitrogens with one attached hydrogen (secondary N) is 1. The van der Waals surface area contributed by atoms with Crippen LogP contribution < -0.4 is 10.9 Å². The number of rotatable bonds is 9. The fourth-order valence-electron chi connectivity index (χ4n) is 3.54. The summed E-state index contributed by atoms with van der Waals surface area (Å²) in [5.74, 6) is 0.818. The van der Waals surface area contributed by atoms with Crippen LogP contribution in [0.1, 0.15) is 51.8 Å². The van der Waals surface area contributed by atoms with Crippen LogP contribution in [0, 0.1) is 5.92 Å². The Morgan fingerprint density at radius 2 is 1.74 bits per heavy atom.